The van der Waals surface area contributed by atoms with Crippen LogP contribution in [0.5, 0.6) is 0 Å². The smallest absolute Gasteiger partial charge is 0.0800 e. The number of hydrogen-bond donors (Lipinski definition) is 0. The van der Waals surface area contributed by atoms with Crippen LogP contribution in [0.3, 0.4) is 0 Å². The summed E-state index contributed by atoms with van der Waals surface area (Å²) < 4.78 is 0. The third kappa shape index (κ3) is 3.74. The maximum absolute atomic E-state index is 5.92. The van der Waals surface area contributed by atoms with Gasteiger partial charge < -0.3 is 0 Å². The van der Waals surface area contributed by atoms with Crippen LogP contribution in [0.25, 0.3) is 0 Å². The van der Waals surface area contributed by atoms with Crippen molar-refractivity contribution in [3.8, 4) is 0 Å². The molecule has 1 rings (SSSR count). The summed E-state index contributed by atoms with van der Waals surface area (Å²) in [6.07, 6.45) is 0.192. The third-order valence-corrected chi connectivity index (χ3v) is 2.59. The maximum atomic E-state index is 5.92. The highest BCUT2D eigenvalue weighted by molar-refractivity contribution is 5.53. The molecule has 0 N–H and O–H groups in total. The van der Waals surface area contributed by atoms with Gasteiger partial charge in [-0.3, -0.25) is 9.90 Å². The van der Waals surface area contributed by atoms with Gasteiger partial charge in [0.1, 0.15) is 0 Å². The van der Waals surface area contributed by atoms with E-state index in [1.54, 1.807) is 0 Å². The predicted molar refractivity (Wildman–Crippen MR) is 74.4 cm³/mol. The van der Waals surface area contributed by atoms with Gasteiger partial charge in [-0.25, -0.2) is 0 Å². The Labute approximate surface area is 106 Å². The van der Waals surface area contributed by atoms with Crippen LogP contribution in [0, 0.1) is 0 Å². The minimum Gasteiger partial charge on any atom is -0.270 e. The molecule has 0 aliphatic heterocycles. The lowest BCUT2D eigenvalue weighted by molar-refractivity contribution is 0.0433. The number of rotatable bonds is 5. The van der Waals surface area contributed by atoms with Crippen LogP contribution in [0.4, 0.5) is 5.69 Å². The van der Waals surface area contributed by atoms with Gasteiger partial charge in [0.2, 0.25) is 0 Å². The van der Waals surface area contributed by atoms with Gasteiger partial charge in [0.05, 0.1) is 17.8 Å². The minimum absolute atomic E-state index is 0.192. The lowest BCUT2D eigenvalue weighted by Gasteiger charge is -2.32. The zero-order valence-corrected chi connectivity index (χ0v) is 11.9. The molecule has 17 heavy (non-hydrogen) atoms. The molecule has 0 amide bonds. The second kappa shape index (κ2) is 6.06. The first-order chi connectivity index (χ1) is 7.93. The molecule has 0 atom stereocenters. The molecule has 96 valence electrons. The van der Waals surface area contributed by atoms with Gasteiger partial charge in [0, 0.05) is 0 Å². The Bertz CT molecular complexity index is 345. The van der Waals surface area contributed by atoms with Crippen LogP contribution in [0.1, 0.15) is 53.0 Å². The first-order valence-electron chi connectivity index (χ1n) is 6.48. The van der Waals surface area contributed by atoms with Gasteiger partial charge in [0.25, 0.3) is 0 Å². The van der Waals surface area contributed by atoms with Gasteiger partial charge in [-0.2, -0.15) is 0 Å². The number of hydrogen-bond acceptors (Lipinski definition) is 2. The molecular weight excluding hydrogens is 210 g/mol. The van der Waals surface area contributed by atoms with Gasteiger partial charge in [-0.05, 0) is 45.2 Å². The van der Waals surface area contributed by atoms with Crippen LogP contribution in [-0.4, -0.2) is 12.1 Å². The number of nitrogens with zero attached hydrogens (tertiary/aromatic N) is 1. The van der Waals surface area contributed by atoms with E-state index in [-0.39, 0.29) is 6.10 Å². The first kappa shape index (κ1) is 14.0. The summed E-state index contributed by atoms with van der Waals surface area (Å²) in [5.74, 6) is 0.503. The van der Waals surface area contributed by atoms with Crippen molar-refractivity contribution in [1.82, 2.24) is 0 Å². The van der Waals surface area contributed by atoms with E-state index >= 15 is 0 Å². The number of anilines is 1. The van der Waals surface area contributed by atoms with Crippen molar-refractivity contribution in [2.24, 2.45) is 0 Å². The van der Waals surface area contributed by atoms with E-state index in [1.165, 1.54) is 11.3 Å². The average Bonchev–Trinajstić information content (AvgIpc) is 2.25. The molecule has 0 aliphatic carbocycles. The van der Waals surface area contributed by atoms with Gasteiger partial charge >= 0.3 is 0 Å². The Morgan fingerprint density at radius 1 is 0.941 bits per heavy atom. The van der Waals surface area contributed by atoms with Crippen molar-refractivity contribution in [3.05, 3.63) is 29.8 Å². The Hall–Kier alpha value is -1.02. The van der Waals surface area contributed by atoms with Gasteiger partial charge in [-0.1, -0.05) is 32.0 Å². The summed E-state index contributed by atoms with van der Waals surface area (Å²) in [6.45, 7) is 12.9. The van der Waals surface area contributed by atoms with E-state index in [4.69, 9.17) is 4.84 Å². The number of benzene rings is 1. The maximum Gasteiger partial charge on any atom is 0.0800 e. The Kier molecular flexibility index (Phi) is 5.01. The Morgan fingerprint density at radius 3 is 2.00 bits per heavy atom. The summed E-state index contributed by atoms with van der Waals surface area (Å²) in [7, 11) is 0. The molecule has 0 fully saturated rings. The summed E-state index contributed by atoms with van der Waals surface area (Å²) in [6, 6.07) is 8.81. The molecule has 0 radical (unpaired) electrons. The molecule has 1 aromatic carbocycles. The largest absolute Gasteiger partial charge is 0.270 e. The molecular formula is C15H25NO. The van der Waals surface area contributed by atoms with Gasteiger partial charge in [-0.15, -0.1) is 0 Å². The van der Waals surface area contributed by atoms with E-state index in [0.717, 1.165) is 0 Å². The number of hydroxylamine groups is 1. The van der Waals surface area contributed by atoms with Crippen LogP contribution < -0.4 is 5.06 Å². The van der Waals surface area contributed by atoms with Gasteiger partial charge in [0.15, 0.2) is 0 Å². The monoisotopic (exact) mass is 235 g/mol. The summed E-state index contributed by atoms with van der Waals surface area (Å²) in [5, 5.41) is 2.03. The van der Waals surface area contributed by atoms with E-state index in [9.17, 15) is 0 Å². The fourth-order valence-electron chi connectivity index (χ4n) is 1.86. The second-order valence-electron chi connectivity index (χ2n) is 5.29. The molecule has 0 saturated carbocycles. The molecule has 0 heterocycles. The molecule has 2 nitrogen and oxygen atoms in total. The van der Waals surface area contributed by atoms with Crippen molar-refractivity contribution in [3.63, 3.8) is 0 Å². The number of para-hydroxylation sites is 1. The van der Waals surface area contributed by atoms with E-state index in [2.05, 4.69) is 65.8 Å². The van der Waals surface area contributed by atoms with Crippen molar-refractivity contribution in [1.29, 1.82) is 0 Å². The summed E-state index contributed by atoms with van der Waals surface area (Å²) in [4.78, 5) is 5.92. The molecule has 0 aromatic heterocycles. The predicted octanol–water partition coefficient (Wildman–Crippen LogP) is 4.36. The van der Waals surface area contributed by atoms with Crippen molar-refractivity contribution in [2.75, 3.05) is 5.06 Å². The molecule has 0 saturated heterocycles. The normalized spacial score (nSPS) is 11.6. The standard InChI is InChI=1S/C15H25NO/c1-11(2)14-9-7-8-10-15(14)16(12(3)4)17-13(5)6/h7-13H,1-6H3. The van der Waals surface area contributed by atoms with Crippen LogP contribution in [0.2, 0.25) is 0 Å². The van der Waals surface area contributed by atoms with Crippen molar-refractivity contribution in [2.45, 2.75) is 59.6 Å². The Balaban J connectivity index is 3.09. The third-order valence-electron chi connectivity index (χ3n) is 2.59. The fourth-order valence-corrected chi connectivity index (χ4v) is 1.86. The molecule has 0 unspecified atom stereocenters. The van der Waals surface area contributed by atoms with E-state index < -0.39 is 0 Å². The zero-order valence-electron chi connectivity index (χ0n) is 11.9. The highest BCUT2D eigenvalue weighted by atomic mass is 16.7. The van der Waals surface area contributed by atoms with Crippen LogP contribution in [-0.2, 0) is 4.84 Å². The molecule has 2 heteroatoms. The SMILES string of the molecule is CC(C)ON(c1ccccc1C(C)C)C(C)C. The molecule has 0 spiro atoms. The highest BCUT2D eigenvalue weighted by Gasteiger charge is 2.17. The van der Waals surface area contributed by atoms with Crippen molar-refractivity contribution < 1.29 is 4.84 Å². The zero-order chi connectivity index (χ0) is 13.0. The molecule has 0 aliphatic rings. The molecule has 0 bridgehead atoms. The minimum atomic E-state index is 0.192. The highest BCUT2D eigenvalue weighted by Crippen LogP contribution is 2.29. The quantitative estimate of drug-likeness (QED) is 0.703. The average molecular weight is 235 g/mol. The Morgan fingerprint density at radius 2 is 1.53 bits per heavy atom. The fraction of sp³-hybridized carbons (Fsp3) is 0.600. The lowest BCUT2D eigenvalue weighted by Crippen LogP contribution is -2.34. The van der Waals surface area contributed by atoms with Crippen LogP contribution >= 0.6 is 0 Å². The second-order valence-corrected chi connectivity index (χ2v) is 5.29. The first-order valence-corrected chi connectivity index (χ1v) is 6.48. The van der Waals surface area contributed by atoms with E-state index in [1.807, 2.05) is 5.06 Å². The lowest BCUT2D eigenvalue weighted by atomic mass is 10.0. The van der Waals surface area contributed by atoms with Crippen LogP contribution in [0.15, 0.2) is 24.3 Å². The summed E-state index contributed by atoms with van der Waals surface area (Å²) in [5.41, 5.74) is 2.52. The topological polar surface area (TPSA) is 12.5 Å². The molecule has 1 aromatic rings. The van der Waals surface area contributed by atoms with E-state index in [0.29, 0.717) is 12.0 Å². The summed E-state index contributed by atoms with van der Waals surface area (Å²) >= 11 is 0. The van der Waals surface area contributed by atoms with Crippen molar-refractivity contribution >= 4 is 5.69 Å².